The Labute approximate surface area is 95.9 Å². The first kappa shape index (κ1) is 12.3. The quantitative estimate of drug-likeness (QED) is 0.346. The second-order valence-electron chi connectivity index (χ2n) is 3.20. The van der Waals surface area contributed by atoms with E-state index in [0.29, 0.717) is 12.5 Å². The largest absolute Gasteiger partial charge is 0.497 e. The van der Waals surface area contributed by atoms with E-state index in [4.69, 9.17) is 10.6 Å². The van der Waals surface area contributed by atoms with Gasteiger partial charge in [-0.2, -0.15) is 0 Å². The minimum Gasteiger partial charge on any atom is -0.497 e. The number of nitrogens with one attached hydrogen (secondary N) is 1. The molecule has 0 heterocycles. The van der Waals surface area contributed by atoms with Crippen molar-refractivity contribution >= 4 is 11.6 Å². The molecule has 0 unspecified atom stereocenters. The summed E-state index contributed by atoms with van der Waals surface area (Å²) in [5.74, 6) is 6.86. The second kappa shape index (κ2) is 5.97. The van der Waals surface area contributed by atoms with Gasteiger partial charge in [-0.25, -0.2) is 5.84 Å². The number of anilines is 1. The van der Waals surface area contributed by atoms with Crippen molar-refractivity contribution in [2.24, 2.45) is 10.8 Å². The van der Waals surface area contributed by atoms with Gasteiger partial charge in [-0.3, -0.25) is 10.4 Å². The maximum Gasteiger partial charge on any atom is 0.212 e. The van der Waals surface area contributed by atoms with Crippen molar-refractivity contribution < 1.29 is 4.74 Å². The topological polar surface area (TPSA) is 62.9 Å². The number of aliphatic imine (C=N–C) groups is 1. The zero-order valence-electron chi connectivity index (χ0n) is 9.90. The number of benzene rings is 1. The molecule has 0 saturated carbocycles. The normalized spacial score (nSPS) is 11.1. The highest BCUT2D eigenvalue weighted by Gasteiger charge is 2.06. The zero-order valence-corrected chi connectivity index (χ0v) is 9.90. The summed E-state index contributed by atoms with van der Waals surface area (Å²) in [7, 11) is 3.54. The predicted octanol–water partition coefficient (Wildman–Crippen LogP) is 0.971. The van der Waals surface area contributed by atoms with Crippen LogP contribution in [-0.2, 0) is 0 Å². The molecule has 0 spiro atoms. The van der Waals surface area contributed by atoms with E-state index in [1.165, 1.54) is 0 Å². The summed E-state index contributed by atoms with van der Waals surface area (Å²) in [5.41, 5.74) is 3.57. The molecule has 0 radical (unpaired) electrons. The molecule has 0 aliphatic rings. The van der Waals surface area contributed by atoms with E-state index in [9.17, 15) is 0 Å². The second-order valence-corrected chi connectivity index (χ2v) is 3.20. The molecule has 0 fully saturated rings. The minimum absolute atomic E-state index is 0.632. The molecule has 1 rings (SSSR count). The van der Waals surface area contributed by atoms with Gasteiger partial charge in [0.25, 0.3) is 0 Å². The number of nitrogens with two attached hydrogens (primary N) is 1. The van der Waals surface area contributed by atoms with Crippen molar-refractivity contribution in [3.63, 3.8) is 0 Å². The van der Waals surface area contributed by atoms with Gasteiger partial charge in [0.15, 0.2) is 0 Å². The van der Waals surface area contributed by atoms with Gasteiger partial charge in [0.1, 0.15) is 5.75 Å². The Balaban J connectivity index is 2.86. The number of ether oxygens (including phenoxy) is 1. The molecular weight excluding hydrogens is 204 g/mol. The van der Waals surface area contributed by atoms with Crippen molar-refractivity contribution in [2.45, 2.75) is 6.92 Å². The number of methoxy groups -OCH3 is 1. The first-order valence-corrected chi connectivity index (χ1v) is 5.11. The van der Waals surface area contributed by atoms with Crippen molar-refractivity contribution in [3.8, 4) is 5.75 Å². The van der Waals surface area contributed by atoms with E-state index in [2.05, 4.69) is 10.4 Å². The van der Waals surface area contributed by atoms with Crippen molar-refractivity contribution in [3.05, 3.63) is 24.3 Å². The van der Waals surface area contributed by atoms with Crippen molar-refractivity contribution in [1.82, 2.24) is 5.43 Å². The van der Waals surface area contributed by atoms with Crippen molar-refractivity contribution in [1.29, 1.82) is 0 Å². The van der Waals surface area contributed by atoms with Crippen LogP contribution in [0.1, 0.15) is 6.92 Å². The van der Waals surface area contributed by atoms with Gasteiger partial charge in [-0.15, -0.1) is 0 Å². The summed E-state index contributed by atoms with van der Waals surface area (Å²) < 4.78 is 5.09. The molecule has 0 bridgehead atoms. The SMILES string of the molecule is CCN=C(NN)N(C)c1ccc(OC)cc1. The Bertz CT molecular complexity index is 348. The lowest BCUT2D eigenvalue weighted by molar-refractivity contribution is 0.415. The summed E-state index contributed by atoms with van der Waals surface area (Å²) >= 11 is 0. The van der Waals surface area contributed by atoms with Gasteiger partial charge in [0.05, 0.1) is 7.11 Å². The van der Waals surface area contributed by atoms with Crippen LogP contribution in [0.2, 0.25) is 0 Å². The lowest BCUT2D eigenvalue weighted by Crippen LogP contribution is -2.43. The third-order valence-corrected chi connectivity index (χ3v) is 2.21. The third kappa shape index (κ3) is 2.87. The first-order valence-electron chi connectivity index (χ1n) is 5.11. The fourth-order valence-electron chi connectivity index (χ4n) is 1.33. The molecule has 0 aliphatic carbocycles. The molecule has 5 heteroatoms. The predicted molar refractivity (Wildman–Crippen MR) is 66.7 cm³/mol. The summed E-state index contributed by atoms with van der Waals surface area (Å²) in [6.07, 6.45) is 0. The summed E-state index contributed by atoms with van der Waals surface area (Å²) in [5, 5.41) is 0. The van der Waals surface area contributed by atoms with E-state index in [-0.39, 0.29) is 0 Å². The van der Waals surface area contributed by atoms with Gasteiger partial charge in [-0.1, -0.05) is 0 Å². The standard InChI is InChI=1S/C11H18N4O/c1-4-13-11(14-12)15(2)9-5-7-10(16-3)8-6-9/h5-8H,4,12H2,1-3H3,(H,13,14). The molecule has 1 aromatic rings. The summed E-state index contributed by atoms with van der Waals surface area (Å²) in [4.78, 5) is 6.11. The molecular formula is C11H18N4O. The van der Waals surface area contributed by atoms with Crippen LogP contribution in [-0.4, -0.2) is 26.7 Å². The van der Waals surface area contributed by atoms with E-state index in [1.807, 2.05) is 43.1 Å². The molecule has 88 valence electrons. The number of hydrogen-bond acceptors (Lipinski definition) is 3. The van der Waals surface area contributed by atoms with Gasteiger partial charge >= 0.3 is 0 Å². The highest BCUT2D eigenvalue weighted by molar-refractivity contribution is 5.95. The number of hydrogen-bond donors (Lipinski definition) is 2. The lowest BCUT2D eigenvalue weighted by Gasteiger charge is -2.20. The van der Waals surface area contributed by atoms with Crippen LogP contribution in [0.25, 0.3) is 0 Å². The van der Waals surface area contributed by atoms with Crippen LogP contribution in [0.3, 0.4) is 0 Å². The van der Waals surface area contributed by atoms with Crippen LogP contribution in [0, 0.1) is 0 Å². The Morgan fingerprint density at radius 2 is 2.06 bits per heavy atom. The highest BCUT2D eigenvalue weighted by Crippen LogP contribution is 2.17. The molecule has 0 aromatic heterocycles. The average molecular weight is 222 g/mol. The Morgan fingerprint density at radius 3 is 2.50 bits per heavy atom. The molecule has 5 nitrogen and oxygen atoms in total. The number of nitrogens with zero attached hydrogens (tertiary/aromatic N) is 2. The molecule has 3 N–H and O–H groups in total. The summed E-state index contributed by atoms with van der Waals surface area (Å²) in [6, 6.07) is 7.68. The Kier molecular flexibility index (Phi) is 4.60. The van der Waals surface area contributed by atoms with Gasteiger partial charge in [-0.05, 0) is 31.2 Å². The van der Waals surface area contributed by atoms with Crippen LogP contribution in [0.4, 0.5) is 5.69 Å². The molecule has 0 aliphatic heterocycles. The number of rotatable bonds is 3. The maximum atomic E-state index is 5.41. The maximum absolute atomic E-state index is 5.41. The molecule has 0 saturated heterocycles. The average Bonchev–Trinajstić information content (AvgIpc) is 2.35. The van der Waals surface area contributed by atoms with Gasteiger partial charge in [0, 0.05) is 19.3 Å². The van der Waals surface area contributed by atoms with Gasteiger partial charge < -0.3 is 9.64 Å². The monoisotopic (exact) mass is 222 g/mol. The van der Waals surface area contributed by atoms with Crippen molar-refractivity contribution in [2.75, 3.05) is 25.6 Å². The molecule has 16 heavy (non-hydrogen) atoms. The van der Waals surface area contributed by atoms with Crippen LogP contribution in [0.5, 0.6) is 5.75 Å². The molecule has 0 atom stereocenters. The highest BCUT2D eigenvalue weighted by atomic mass is 16.5. The lowest BCUT2D eigenvalue weighted by atomic mass is 10.3. The minimum atomic E-state index is 0.632. The third-order valence-electron chi connectivity index (χ3n) is 2.21. The van der Waals surface area contributed by atoms with Crippen LogP contribution >= 0.6 is 0 Å². The molecule has 0 amide bonds. The van der Waals surface area contributed by atoms with E-state index in [1.54, 1.807) is 7.11 Å². The molecule has 1 aromatic carbocycles. The van der Waals surface area contributed by atoms with Crippen LogP contribution < -0.4 is 20.9 Å². The Hall–Kier alpha value is -1.75. The fraction of sp³-hybridized carbons (Fsp3) is 0.364. The number of hydrazine groups is 1. The zero-order chi connectivity index (χ0) is 12.0. The number of guanidine groups is 1. The Morgan fingerprint density at radius 1 is 1.44 bits per heavy atom. The summed E-state index contributed by atoms with van der Waals surface area (Å²) in [6.45, 7) is 2.64. The van der Waals surface area contributed by atoms with E-state index < -0.39 is 0 Å². The van der Waals surface area contributed by atoms with E-state index in [0.717, 1.165) is 11.4 Å². The smallest absolute Gasteiger partial charge is 0.212 e. The van der Waals surface area contributed by atoms with Gasteiger partial charge in [0.2, 0.25) is 5.96 Å². The first-order chi connectivity index (χ1) is 7.72. The fourth-order valence-corrected chi connectivity index (χ4v) is 1.33. The van der Waals surface area contributed by atoms with Crippen LogP contribution in [0.15, 0.2) is 29.3 Å². The van der Waals surface area contributed by atoms with E-state index >= 15 is 0 Å².